The molecule has 0 heterocycles. The number of hydrogen-bond donors (Lipinski definition) is 1. The Hall–Kier alpha value is -2.84. The van der Waals surface area contributed by atoms with Crippen molar-refractivity contribution in [2.75, 3.05) is 16.1 Å². The standard InChI is InChI=1S/C24H28N2O4S2/c1-16-7-10-21(11-8-16)32(29,30)26(6)23-15-24(20(5)14-19(23)4)31(27,28)25-22-12-9-17(2)13-18(22)3/h7-15,25H,1-6H3. The summed E-state index contributed by atoms with van der Waals surface area (Å²) < 4.78 is 56.6. The van der Waals surface area contributed by atoms with Crippen LogP contribution in [0.15, 0.2) is 64.4 Å². The van der Waals surface area contributed by atoms with Gasteiger partial charge in [0.25, 0.3) is 20.0 Å². The lowest BCUT2D eigenvalue weighted by Gasteiger charge is -2.23. The van der Waals surface area contributed by atoms with Crippen molar-refractivity contribution in [3.8, 4) is 0 Å². The first-order valence-electron chi connectivity index (χ1n) is 10.1. The van der Waals surface area contributed by atoms with E-state index in [1.54, 1.807) is 50.2 Å². The highest BCUT2D eigenvalue weighted by Gasteiger charge is 2.26. The van der Waals surface area contributed by atoms with Gasteiger partial charge < -0.3 is 0 Å². The van der Waals surface area contributed by atoms with Crippen LogP contribution in [0.2, 0.25) is 0 Å². The summed E-state index contributed by atoms with van der Waals surface area (Å²) in [6.07, 6.45) is 0. The van der Waals surface area contributed by atoms with E-state index in [0.29, 0.717) is 22.5 Å². The largest absolute Gasteiger partial charge is 0.279 e. The topological polar surface area (TPSA) is 83.6 Å². The monoisotopic (exact) mass is 472 g/mol. The van der Waals surface area contributed by atoms with E-state index in [1.165, 1.54) is 13.1 Å². The van der Waals surface area contributed by atoms with Crippen LogP contribution in [0.4, 0.5) is 11.4 Å². The molecule has 0 radical (unpaired) electrons. The van der Waals surface area contributed by atoms with Gasteiger partial charge >= 0.3 is 0 Å². The molecule has 0 saturated heterocycles. The number of nitrogens with zero attached hydrogens (tertiary/aromatic N) is 1. The molecular weight excluding hydrogens is 444 g/mol. The predicted octanol–water partition coefficient (Wildman–Crippen LogP) is 4.85. The lowest BCUT2D eigenvalue weighted by atomic mass is 10.1. The average Bonchev–Trinajstić information content (AvgIpc) is 2.70. The molecule has 0 aliphatic carbocycles. The maximum atomic E-state index is 13.2. The van der Waals surface area contributed by atoms with Crippen LogP contribution in [-0.2, 0) is 20.0 Å². The molecule has 0 unspecified atom stereocenters. The van der Waals surface area contributed by atoms with E-state index in [2.05, 4.69) is 4.72 Å². The summed E-state index contributed by atoms with van der Waals surface area (Å²) in [6.45, 7) is 9.11. The molecule has 170 valence electrons. The molecule has 6 nitrogen and oxygen atoms in total. The Morgan fingerprint density at radius 1 is 0.688 bits per heavy atom. The number of rotatable bonds is 6. The van der Waals surface area contributed by atoms with Gasteiger partial charge in [0.1, 0.15) is 0 Å². The molecule has 0 aliphatic heterocycles. The number of aryl methyl sites for hydroxylation is 5. The van der Waals surface area contributed by atoms with Crippen molar-refractivity contribution in [1.82, 2.24) is 0 Å². The average molecular weight is 473 g/mol. The van der Waals surface area contributed by atoms with Gasteiger partial charge in [0.2, 0.25) is 0 Å². The van der Waals surface area contributed by atoms with Crippen molar-refractivity contribution in [2.45, 2.75) is 44.4 Å². The van der Waals surface area contributed by atoms with Gasteiger partial charge in [-0.05, 0) is 75.6 Å². The summed E-state index contributed by atoms with van der Waals surface area (Å²) in [4.78, 5) is 0.174. The van der Waals surface area contributed by atoms with Crippen molar-refractivity contribution in [3.63, 3.8) is 0 Å². The first-order chi connectivity index (χ1) is 14.8. The Morgan fingerprint density at radius 3 is 1.88 bits per heavy atom. The predicted molar refractivity (Wildman–Crippen MR) is 129 cm³/mol. The van der Waals surface area contributed by atoms with Gasteiger partial charge in [-0.15, -0.1) is 0 Å². The summed E-state index contributed by atoms with van der Waals surface area (Å²) in [5.41, 5.74) is 4.76. The molecule has 0 aromatic heterocycles. The zero-order chi connectivity index (χ0) is 23.8. The number of benzene rings is 3. The molecule has 0 amide bonds. The van der Waals surface area contributed by atoms with Crippen LogP contribution in [0.1, 0.15) is 27.8 Å². The highest BCUT2D eigenvalue weighted by atomic mass is 32.2. The Balaban J connectivity index is 2.06. The molecule has 0 atom stereocenters. The van der Waals surface area contributed by atoms with Crippen LogP contribution in [0.3, 0.4) is 0 Å². The van der Waals surface area contributed by atoms with Gasteiger partial charge in [-0.1, -0.05) is 41.5 Å². The third-order valence-corrected chi connectivity index (χ3v) is 8.72. The number of hydrogen-bond acceptors (Lipinski definition) is 4. The van der Waals surface area contributed by atoms with Crippen molar-refractivity contribution >= 4 is 31.4 Å². The normalized spacial score (nSPS) is 11.9. The maximum absolute atomic E-state index is 13.2. The molecule has 8 heteroatoms. The first kappa shape index (κ1) is 23.8. The van der Waals surface area contributed by atoms with Crippen LogP contribution in [0, 0.1) is 34.6 Å². The third kappa shape index (κ3) is 4.66. The zero-order valence-corrected chi connectivity index (χ0v) is 20.7. The molecule has 3 aromatic rings. The Labute approximate surface area is 191 Å². The Morgan fingerprint density at radius 2 is 1.28 bits per heavy atom. The fourth-order valence-electron chi connectivity index (χ4n) is 3.58. The van der Waals surface area contributed by atoms with E-state index in [0.717, 1.165) is 21.0 Å². The van der Waals surface area contributed by atoms with E-state index in [4.69, 9.17) is 0 Å². The number of nitrogens with one attached hydrogen (secondary N) is 1. The second-order valence-corrected chi connectivity index (χ2v) is 11.7. The van der Waals surface area contributed by atoms with Crippen LogP contribution < -0.4 is 9.03 Å². The highest BCUT2D eigenvalue weighted by molar-refractivity contribution is 7.93. The van der Waals surface area contributed by atoms with Gasteiger partial charge in [-0.25, -0.2) is 16.8 Å². The molecule has 0 spiro atoms. The van der Waals surface area contributed by atoms with Crippen molar-refractivity contribution < 1.29 is 16.8 Å². The van der Waals surface area contributed by atoms with E-state index in [1.807, 2.05) is 32.9 Å². The summed E-state index contributed by atoms with van der Waals surface area (Å²) in [5, 5.41) is 0. The molecule has 3 rings (SSSR count). The molecular formula is C24H28N2O4S2. The van der Waals surface area contributed by atoms with Crippen LogP contribution in [0.5, 0.6) is 0 Å². The summed E-state index contributed by atoms with van der Waals surface area (Å²) in [5.74, 6) is 0. The Kier molecular flexibility index (Phi) is 6.40. The van der Waals surface area contributed by atoms with Gasteiger partial charge in [0.15, 0.2) is 0 Å². The molecule has 0 saturated carbocycles. The second-order valence-electron chi connectivity index (χ2n) is 8.11. The Bertz CT molecular complexity index is 1380. The van der Waals surface area contributed by atoms with Gasteiger partial charge in [0, 0.05) is 7.05 Å². The minimum absolute atomic E-state index is 0.0315. The van der Waals surface area contributed by atoms with E-state index >= 15 is 0 Å². The first-order valence-corrected chi connectivity index (χ1v) is 13.0. The molecule has 0 fully saturated rings. The van der Waals surface area contributed by atoms with Crippen LogP contribution in [-0.4, -0.2) is 23.9 Å². The van der Waals surface area contributed by atoms with Crippen molar-refractivity contribution in [2.24, 2.45) is 0 Å². The van der Waals surface area contributed by atoms with Crippen LogP contribution >= 0.6 is 0 Å². The fourth-order valence-corrected chi connectivity index (χ4v) is 6.21. The lowest BCUT2D eigenvalue weighted by molar-refractivity contribution is 0.593. The minimum Gasteiger partial charge on any atom is -0.279 e. The smallest absolute Gasteiger partial charge is 0.264 e. The number of sulfonamides is 2. The SMILES string of the molecule is Cc1ccc(S(=O)(=O)N(C)c2cc(S(=O)(=O)Nc3ccc(C)cc3C)c(C)cc2C)cc1. The molecule has 32 heavy (non-hydrogen) atoms. The van der Waals surface area contributed by atoms with Crippen molar-refractivity contribution in [3.05, 3.63) is 82.4 Å². The van der Waals surface area contributed by atoms with E-state index in [-0.39, 0.29) is 9.79 Å². The summed E-state index contributed by atoms with van der Waals surface area (Å²) in [6, 6.07) is 15.1. The quantitative estimate of drug-likeness (QED) is 0.556. The zero-order valence-electron chi connectivity index (χ0n) is 19.1. The van der Waals surface area contributed by atoms with Gasteiger partial charge in [-0.3, -0.25) is 9.03 Å². The van der Waals surface area contributed by atoms with Gasteiger partial charge in [0.05, 0.1) is 21.2 Å². The summed E-state index contributed by atoms with van der Waals surface area (Å²) in [7, 11) is -6.37. The molecule has 1 N–H and O–H groups in total. The molecule has 3 aromatic carbocycles. The highest BCUT2D eigenvalue weighted by Crippen LogP contribution is 2.31. The van der Waals surface area contributed by atoms with Crippen molar-refractivity contribution in [1.29, 1.82) is 0 Å². The summed E-state index contributed by atoms with van der Waals surface area (Å²) >= 11 is 0. The second kappa shape index (κ2) is 8.60. The maximum Gasteiger partial charge on any atom is 0.264 e. The molecule has 0 aliphatic rings. The van der Waals surface area contributed by atoms with Crippen LogP contribution in [0.25, 0.3) is 0 Å². The van der Waals surface area contributed by atoms with Gasteiger partial charge in [-0.2, -0.15) is 0 Å². The van der Waals surface area contributed by atoms with E-state index < -0.39 is 20.0 Å². The number of anilines is 2. The van der Waals surface area contributed by atoms with E-state index in [9.17, 15) is 16.8 Å². The molecule has 0 bridgehead atoms. The third-order valence-electron chi connectivity index (χ3n) is 5.43. The fraction of sp³-hybridized carbons (Fsp3) is 0.250. The lowest BCUT2D eigenvalue weighted by Crippen LogP contribution is -2.28. The minimum atomic E-state index is -3.94.